The quantitative estimate of drug-likeness (QED) is 0.542. The third-order valence-corrected chi connectivity index (χ3v) is 1.16. The molecule has 0 aliphatic carbocycles. The first-order valence-corrected chi connectivity index (χ1v) is 2.70. The van der Waals surface area contributed by atoms with E-state index in [1.54, 1.807) is 13.0 Å². The van der Waals surface area contributed by atoms with E-state index in [4.69, 9.17) is 5.26 Å². The van der Waals surface area contributed by atoms with Gasteiger partial charge < -0.3 is 0 Å². The standard InChI is InChI=1S/C6H5N3O/c1-4-3-8-9-6(10)5(4)2-7/h3H,1H3,(H,9,10). The molecule has 0 spiro atoms. The number of H-pyrrole nitrogens is 1. The lowest BCUT2D eigenvalue weighted by Gasteiger charge is -1.89. The highest BCUT2D eigenvalue weighted by Gasteiger charge is 1.99. The predicted molar refractivity (Wildman–Crippen MR) is 34.3 cm³/mol. The minimum Gasteiger partial charge on any atom is -0.267 e. The van der Waals surface area contributed by atoms with Gasteiger partial charge in [0.25, 0.3) is 5.56 Å². The van der Waals surface area contributed by atoms with Crippen molar-refractivity contribution in [1.82, 2.24) is 10.2 Å². The Hall–Kier alpha value is -1.63. The molecule has 1 rings (SSSR count). The summed E-state index contributed by atoms with van der Waals surface area (Å²) in [4.78, 5) is 10.7. The molecule has 1 aromatic rings. The van der Waals surface area contributed by atoms with E-state index in [0.717, 1.165) is 0 Å². The van der Waals surface area contributed by atoms with Crippen LogP contribution >= 0.6 is 0 Å². The van der Waals surface area contributed by atoms with Crippen molar-refractivity contribution in [2.45, 2.75) is 6.92 Å². The predicted octanol–water partition coefficient (Wildman–Crippen LogP) is -0.0500. The first kappa shape index (κ1) is 6.49. The highest BCUT2D eigenvalue weighted by Crippen LogP contribution is 1.93. The maximum Gasteiger partial charge on any atom is 0.282 e. The molecule has 0 saturated heterocycles. The van der Waals surface area contributed by atoms with Gasteiger partial charge in [-0.15, -0.1) is 0 Å². The van der Waals surface area contributed by atoms with Crippen LogP contribution in [-0.2, 0) is 0 Å². The molecular weight excluding hydrogens is 130 g/mol. The molecule has 0 fully saturated rings. The maximum absolute atomic E-state index is 10.7. The van der Waals surface area contributed by atoms with Gasteiger partial charge in [0.2, 0.25) is 0 Å². The smallest absolute Gasteiger partial charge is 0.267 e. The number of nitrogens with zero attached hydrogens (tertiary/aromatic N) is 2. The SMILES string of the molecule is Cc1cn[nH]c(=O)c1C#N. The largest absolute Gasteiger partial charge is 0.282 e. The Morgan fingerprint density at radius 2 is 2.50 bits per heavy atom. The molecule has 0 saturated carbocycles. The van der Waals surface area contributed by atoms with Gasteiger partial charge in [0, 0.05) is 0 Å². The topological polar surface area (TPSA) is 69.5 Å². The van der Waals surface area contributed by atoms with Crippen LogP contribution in [0.2, 0.25) is 0 Å². The summed E-state index contributed by atoms with van der Waals surface area (Å²) < 4.78 is 0. The molecule has 1 N–H and O–H groups in total. The Labute approximate surface area is 57.1 Å². The molecule has 0 unspecified atom stereocenters. The van der Waals surface area contributed by atoms with Crippen LogP contribution < -0.4 is 5.56 Å². The molecule has 0 aromatic carbocycles. The Morgan fingerprint density at radius 1 is 1.80 bits per heavy atom. The Bertz CT molecular complexity index is 334. The monoisotopic (exact) mass is 135 g/mol. The first-order chi connectivity index (χ1) is 4.75. The number of hydrogen-bond acceptors (Lipinski definition) is 3. The highest BCUT2D eigenvalue weighted by molar-refractivity contribution is 5.31. The van der Waals surface area contributed by atoms with Crippen molar-refractivity contribution in [3.8, 4) is 6.07 Å². The van der Waals surface area contributed by atoms with Gasteiger partial charge in [0.15, 0.2) is 0 Å². The number of hydrogen-bond donors (Lipinski definition) is 1. The van der Waals surface area contributed by atoms with Crippen LogP contribution in [0, 0.1) is 18.3 Å². The molecular formula is C6H5N3O. The molecule has 0 aliphatic heterocycles. The lowest BCUT2D eigenvalue weighted by Crippen LogP contribution is -2.12. The zero-order valence-corrected chi connectivity index (χ0v) is 5.38. The number of aromatic amines is 1. The van der Waals surface area contributed by atoms with Gasteiger partial charge in [-0.1, -0.05) is 0 Å². The number of rotatable bonds is 0. The third kappa shape index (κ3) is 0.890. The molecule has 50 valence electrons. The fraction of sp³-hybridized carbons (Fsp3) is 0.167. The number of aryl methyl sites for hydroxylation is 1. The van der Waals surface area contributed by atoms with Crippen molar-refractivity contribution >= 4 is 0 Å². The van der Waals surface area contributed by atoms with Gasteiger partial charge in [0.05, 0.1) is 6.20 Å². The van der Waals surface area contributed by atoms with Crippen LogP contribution in [0.3, 0.4) is 0 Å². The molecule has 0 radical (unpaired) electrons. The zero-order valence-electron chi connectivity index (χ0n) is 5.38. The van der Waals surface area contributed by atoms with Crippen molar-refractivity contribution in [3.05, 3.63) is 27.7 Å². The molecule has 0 amide bonds. The summed E-state index contributed by atoms with van der Waals surface area (Å²) in [5.74, 6) is 0. The average Bonchev–Trinajstić information content (AvgIpc) is 1.88. The minimum absolute atomic E-state index is 0.134. The summed E-state index contributed by atoms with van der Waals surface area (Å²) in [6, 6.07) is 1.78. The van der Waals surface area contributed by atoms with Crippen molar-refractivity contribution in [2.24, 2.45) is 0 Å². The molecule has 0 bridgehead atoms. The van der Waals surface area contributed by atoms with Crippen LogP contribution in [0.25, 0.3) is 0 Å². The zero-order chi connectivity index (χ0) is 7.56. The van der Waals surface area contributed by atoms with Gasteiger partial charge in [-0.2, -0.15) is 10.4 Å². The molecule has 0 atom stereocenters. The summed E-state index contributed by atoms with van der Waals surface area (Å²) in [6.07, 6.45) is 1.44. The number of nitrogens with one attached hydrogen (secondary N) is 1. The van der Waals surface area contributed by atoms with E-state index in [0.29, 0.717) is 5.56 Å². The van der Waals surface area contributed by atoms with Crippen molar-refractivity contribution in [2.75, 3.05) is 0 Å². The minimum atomic E-state index is -0.428. The lowest BCUT2D eigenvalue weighted by atomic mass is 10.2. The molecule has 4 nitrogen and oxygen atoms in total. The Morgan fingerprint density at radius 3 is 2.90 bits per heavy atom. The van der Waals surface area contributed by atoms with Gasteiger partial charge >= 0.3 is 0 Å². The van der Waals surface area contributed by atoms with E-state index >= 15 is 0 Å². The normalized spacial score (nSPS) is 8.80. The molecule has 0 aliphatic rings. The van der Waals surface area contributed by atoms with Crippen molar-refractivity contribution in [3.63, 3.8) is 0 Å². The summed E-state index contributed by atoms with van der Waals surface area (Å²) in [7, 11) is 0. The summed E-state index contributed by atoms with van der Waals surface area (Å²) in [5.41, 5.74) is 0.309. The van der Waals surface area contributed by atoms with Crippen LogP contribution in [0.1, 0.15) is 11.1 Å². The van der Waals surface area contributed by atoms with Crippen LogP contribution in [0.5, 0.6) is 0 Å². The summed E-state index contributed by atoms with van der Waals surface area (Å²) in [6.45, 7) is 1.67. The Balaban J connectivity index is 3.50. The molecule has 10 heavy (non-hydrogen) atoms. The van der Waals surface area contributed by atoms with Crippen LogP contribution in [0.4, 0.5) is 0 Å². The number of aromatic nitrogens is 2. The van der Waals surface area contributed by atoms with Gasteiger partial charge in [-0.25, -0.2) is 5.10 Å². The average molecular weight is 135 g/mol. The Kier molecular flexibility index (Phi) is 1.50. The second-order valence-electron chi connectivity index (χ2n) is 1.87. The van der Waals surface area contributed by atoms with Gasteiger partial charge in [0.1, 0.15) is 11.6 Å². The van der Waals surface area contributed by atoms with Gasteiger partial charge in [-0.3, -0.25) is 4.79 Å². The maximum atomic E-state index is 10.7. The fourth-order valence-corrected chi connectivity index (χ4v) is 0.626. The van der Waals surface area contributed by atoms with Crippen LogP contribution in [-0.4, -0.2) is 10.2 Å². The molecule has 1 aromatic heterocycles. The fourth-order valence-electron chi connectivity index (χ4n) is 0.626. The van der Waals surface area contributed by atoms with E-state index in [1.807, 2.05) is 0 Å². The van der Waals surface area contributed by atoms with Gasteiger partial charge in [-0.05, 0) is 12.5 Å². The number of nitriles is 1. The van der Waals surface area contributed by atoms with E-state index < -0.39 is 5.56 Å². The van der Waals surface area contributed by atoms with E-state index in [-0.39, 0.29) is 5.56 Å². The molecule has 1 heterocycles. The van der Waals surface area contributed by atoms with E-state index in [9.17, 15) is 4.79 Å². The highest BCUT2D eigenvalue weighted by atomic mass is 16.1. The van der Waals surface area contributed by atoms with E-state index in [1.165, 1.54) is 6.20 Å². The van der Waals surface area contributed by atoms with Crippen molar-refractivity contribution < 1.29 is 0 Å². The lowest BCUT2D eigenvalue weighted by molar-refractivity contribution is 0.964. The molecule has 4 heteroatoms. The summed E-state index contributed by atoms with van der Waals surface area (Å²) in [5, 5.41) is 14.1. The third-order valence-electron chi connectivity index (χ3n) is 1.16. The van der Waals surface area contributed by atoms with Crippen LogP contribution in [0.15, 0.2) is 11.0 Å². The first-order valence-electron chi connectivity index (χ1n) is 2.70. The summed E-state index contributed by atoms with van der Waals surface area (Å²) >= 11 is 0. The van der Waals surface area contributed by atoms with Crippen molar-refractivity contribution in [1.29, 1.82) is 5.26 Å². The second kappa shape index (κ2) is 2.31. The second-order valence-corrected chi connectivity index (χ2v) is 1.87. The van der Waals surface area contributed by atoms with E-state index in [2.05, 4.69) is 10.2 Å².